The van der Waals surface area contributed by atoms with E-state index in [1.54, 1.807) is 32.9 Å². The highest BCUT2D eigenvalue weighted by molar-refractivity contribution is 6.00. The van der Waals surface area contributed by atoms with Crippen LogP contribution in [0.2, 0.25) is 0 Å². The number of nitrogen functional groups attached to an aromatic ring is 1. The Morgan fingerprint density at radius 1 is 1.19 bits per heavy atom. The van der Waals surface area contributed by atoms with Crippen molar-refractivity contribution in [3.8, 4) is 0 Å². The van der Waals surface area contributed by atoms with Crippen LogP contribution >= 0.6 is 0 Å². The Bertz CT molecular complexity index is 501. The molecule has 0 aliphatic carbocycles. The fourth-order valence-corrected chi connectivity index (χ4v) is 1.74. The Hall–Kier alpha value is -2.24. The molecule has 4 N–H and O–H groups in total. The number of nitrogens with two attached hydrogens (primary N) is 1. The highest BCUT2D eigenvalue weighted by Gasteiger charge is 2.16. The molecule has 0 atom stereocenters. The van der Waals surface area contributed by atoms with Gasteiger partial charge in [-0.15, -0.1) is 0 Å². The maximum absolute atomic E-state index is 12.0. The van der Waals surface area contributed by atoms with Gasteiger partial charge < -0.3 is 21.1 Å². The summed E-state index contributed by atoms with van der Waals surface area (Å²) in [6.45, 7) is 7.77. The maximum atomic E-state index is 12.0. The van der Waals surface area contributed by atoms with Crippen molar-refractivity contribution in [2.24, 2.45) is 0 Å². The van der Waals surface area contributed by atoms with Crippen LogP contribution in [0.1, 0.15) is 36.7 Å². The molecule has 1 aromatic rings. The van der Waals surface area contributed by atoms with Gasteiger partial charge >= 0.3 is 6.09 Å². The van der Waals surface area contributed by atoms with Crippen LogP contribution in [-0.2, 0) is 4.74 Å². The lowest BCUT2D eigenvalue weighted by Crippen LogP contribution is -2.38. The Balaban J connectivity index is 2.40. The van der Waals surface area contributed by atoms with Crippen molar-refractivity contribution in [3.05, 3.63) is 29.3 Å². The molecule has 0 unspecified atom stereocenters. The van der Waals surface area contributed by atoms with Crippen LogP contribution in [0.3, 0.4) is 0 Å². The third-order valence-electron chi connectivity index (χ3n) is 2.61. The van der Waals surface area contributed by atoms with Crippen LogP contribution in [0.5, 0.6) is 0 Å². The zero-order valence-corrected chi connectivity index (χ0v) is 12.9. The summed E-state index contributed by atoms with van der Waals surface area (Å²) in [6, 6.07) is 5.30. The van der Waals surface area contributed by atoms with Gasteiger partial charge in [0.15, 0.2) is 0 Å². The Morgan fingerprint density at radius 2 is 1.81 bits per heavy atom. The number of aryl methyl sites for hydroxylation is 1. The molecule has 0 saturated carbocycles. The number of benzene rings is 1. The number of hydrogen-bond donors (Lipinski definition) is 3. The topological polar surface area (TPSA) is 93.5 Å². The number of amides is 2. The average Bonchev–Trinajstić information content (AvgIpc) is 2.32. The molecule has 1 rings (SSSR count). The first-order valence-electron chi connectivity index (χ1n) is 6.81. The molecule has 0 aliphatic heterocycles. The van der Waals surface area contributed by atoms with Crippen LogP contribution < -0.4 is 16.4 Å². The molecule has 0 radical (unpaired) electrons. The van der Waals surface area contributed by atoms with Gasteiger partial charge in [0, 0.05) is 18.8 Å². The van der Waals surface area contributed by atoms with E-state index in [0.29, 0.717) is 17.8 Å². The van der Waals surface area contributed by atoms with Crippen LogP contribution in [0.25, 0.3) is 0 Å². The summed E-state index contributed by atoms with van der Waals surface area (Å²) in [5.41, 5.74) is 6.97. The van der Waals surface area contributed by atoms with Gasteiger partial charge in [-0.1, -0.05) is 12.1 Å². The fraction of sp³-hybridized carbons (Fsp3) is 0.467. The summed E-state index contributed by atoms with van der Waals surface area (Å²) in [6.07, 6.45) is -0.507. The minimum atomic E-state index is -0.539. The van der Waals surface area contributed by atoms with Gasteiger partial charge in [-0.25, -0.2) is 4.79 Å². The summed E-state index contributed by atoms with van der Waals surface area (Å²) >= 11 is 0. The van der Waals surface area contributed by atoms with Crippen molar-refractivity contribution in [2.75, 3.05) is 18.8 Å². The number of nitrogens with one attached hydrogen (secondary N) is 2. The lowest BCUT2D eigenvalue weighted by Gasteiger charge is -2.19. The number of hydrogen-bond acceptors (Lipinski definition) is 4. The quantitative estimate of drug-likeness (QED) is 0.583. The summed E-state index contributed by atoms with van der Waals surface area (Å²) in [4.78, 5) is 23.4. The highest BCUT2D eigenvalue weighted by atomic mass is 16.6. The second-order valence-electron chi connectivity index (χ2n) is 5.72. The molecule has 6 heteroatoms. The molecule has 0 spiro atoms. The maximum Gasteiger partial charge on any atom is 0.407 e. The zero-order chi connectivity index (χ0) is 16.0. The molecule has 21 heavy (non-hydrogen) atoms. The molecule has 2 amide bonds. The van der Waals surface area contributed by atoms with Crippen LogP contribution in [0.4, 0.5) is 10.5 Å². The van der Waals surface area contributed by atoms with Crippen molar-refractivity contribution in [2.45, 2.75) is 33.3 Å². The van der Waals surface area contributed by atoms with Gasteiger partial charge in [0.1, 0.15) is 5.60 Å². The predicted molar refractivity (Wildman–Crippen MR) is 82.2 cm³/mol. The summed E-state index contributed by atoms with van der Waals surface area (Å²) in [5.74, 6) is -0.253. The molecule has 0 aromatic heterocycles. The van der Waals surface area contributed by atoms with Crippen molar-refractivity contribution in [1.82, 2.24) is 10.6 Å². The number of anilines is 1. The fourth-order valence-electron chi connectivity index (χ4n) is 1.74. The number of carbonyl (C=O) groups excluding carboxylic acids is 2. The van der Waals surface area contributed by atoms with Crippen molar-refractivity contribution >= 4 is 17.7 Å². The third kappa shape index (κ3) is 5.72. The first kappa shape index (κ1) is 16.8. The van der Waals surface area contributed by atoms with E-state index in [9.17, 15) is 9.59 Å². The molecule has 6 nitrogen and oxygen atoms in total. The van der Waals surface area contributed by atoms with Crippen LogP contribution in [0, 0.1) is 6.92 Å². The van der Waals surface area contributed by atoms with E-state index in [1.165, 1.54) is 0 Å². The third-order valence-corrected chi connectivity index (χ3v) is 2.61. The second kappa shape index (κ2) is 6.97. The molecule has 0 aliphatic rings. The van der Waals surface area contributed by atoms with Gasteiger partial charge in [-0.05, 0) is 39.3 Å². The number of ether oxygens (including phenoxy) is 1. The van der Waals surface area contributed by atoms with Gasteiger partial charge in [0.2, 0.25) is 0 Å². The number of carbonyl (C=O) groups is 2. The largest absolute Gasteiger partial charge is 0.444 e. The number of alkyl carbamates (subject to hydrolysis) is 1. The smallest absolute Gasteiger partial charge is 0.407 e. The van der Waals surface area contributed by atoms with Crippen molar-refractivity contribution < 1.29 is 14.3 Å². The molecular formula is C15H23N3O3. The average molecular weight is 293 g/mol. The molecule has 1 aromatic carbocycles. The van der Waals surface area contributed by atoms with Gasteiger partial charge in [-0.3, -0.25) is 4.79 Å². The molecule has 0 saturated heterocycles. The lowest BCUT2D eigenvalue weighted by molar-refractivity contribution is 0.0526. The minimum Gasteiger partial charge on any atom is -0.444 e. The monoisotopic (exact) mass is 293 g/mol. The van der Waals surface area contributed by atoms with Crippen LogP contribution in [-0.4, -0.2) is 30.7 Å². The van der Waals surface area contributed by atoms with E-state index < -0.39 is 11.7 Å². The Morgan fingerprint density at radius 3 is 2.38 bits per heavy atom. The first-order chi connectivity index (χ1) is 9.70. The Labute approximate surface area is 125 Å². The first-order valence-corrected chi connectivity index (χ1v) is 6.81. The molecule has 0 fully saturated rings. The SMILES string of the molecule is Cc1cccc(N)c1C(=O)NCCNC(=O)OC(C)(C)C. The van der Waals surface area contributed by atoms with E-state index in [2.05, 4.69) is 10.6 Å². The molecular weight excluding hydrogens is 270 g/mol. The second-order valence-corrected chi connectivity index (χ2v) is 5.72. The molecule has 116 valence electrons. The molecule has 0 bridgehead atoms. The summed E-state index contributed by atoms with van der Waals surface area (Å²) < 4.78 is 5.08. The van der Waals surface area contributed by atoms with E-state index in [-0.39, 0.29) is 12.5 Å². The van der Waals surface area contributed by atoms with E-state index in [0.717, 1.165) is 5.56 Å². The van der Waals surface area contributed by atoms with Gasteiger partial charge in [0.05, 0.1) is 5.56 Å². The van der Waals surface area contributed by atoms with Gasteiger partial charge in [0.25, 0.3) is 5.91 Å². The molecule has 0 heterocycles. The van der Waals surface area contributed by atoms with Crippen LogP contribution in [0.15, 0.2) is 18.2 Å². The Kier molecular flexibility index (Phi) is 5.58. The summed E-state index contributed by atoms with van der Waals surface area (Å²) in [7, 11) is 0. The normalized spacial score (nSPS) is 10.9. The van der Waals surface area contributed by atoms with Crippen molar-refractivity contribution in [3.63, 3.8) is 0 Å². The zero-order valence-electron chi connectivity index (χ0n) is 12.9. The summed E-state index contributed by atoms with van der Waals surface area (Å²) in [5, 5.41) is 5.28. The van der Waals surface area contributed by atoms with Gasteiger partial charge in [-0.2, -0.15) is 0 Å². The standard InChI is InChI=1S/C15H23N3O3/c1-10-6-5-7-11(16)12(10)13(19)17-8-9-18-14(20)21-15(2,3)4/h5-7H,8-9,16H2,1-4H3,(H,17,19)(H,18,20). The minimum absolute atomic E-state index is 0.253. The lowest BCUT2D eigenvalue weighted by atomic mass is 10.1. The number of rotatable bonds is 4. The van der Waals surface area contributed by atoms with E-state index in [1.807, 2.05) is 13.0 Å². The van der Waals surface area contributed by atoms with E-state index in [4.69, 9.17) is 10.5 Å². The van der Waals surface area contributed by atoms with E-state index >= 15 is 0 Å². The van der Waals surface area contributed by atoms with Crippen molar-refractivity contribution in [1.29, 1.82) is 0 Å². The highest BCUT2D eigenvalue weighted by Crippen LogP contribution is 2.15. The predicted octanol–water partition coefficient (Wildman–Crippen LogP) is 1.83.